The summed E-state index contributed by atoms with van der Waals surface area (Å²) in [5.74, 6) is -3.00. The Morgan fingerprint density at radius 2 is 1.73 bits per heavy atom. The van der Waals surface area contributed by atoms with Gasteiger partial charge in [-0.15, -0.1) is 11.8 Å². The molecule has 1 aliphatic rings. The van der Waals surface area contributed by atoms with Gasteiger partial charge >= 0.3 is 0 Å². The minimum atomic E-state index is -4.32. The minimum absolute atomic E-state index is 0.0585. The Labute approximate surface area is 286 Å². The number of thioether (sulfide) groups is 1. The quantitative estimate of drug-likeness (QED) is 0.119. The Balaban J connectivity index is 1.61. The number of phenols is 1. The molecule has 11 nitrogen and oxygen atoms in total. The molecule has 0 aliphatic carbocycles. The minimum Gasteiger partial charge on any atom is -0.508 e. The van der Waals surface area contributed by atoms with Gasteiger partial charge in [-0.25, -0.2) is 8.42 Å². The molecule has 0 fully saturated rings. The maximum Gasteiger partial charge on any atom is 0.266 e. The summed E-state index contributed by atoms with van der Waals surface area (Å²) < 4.78 is 59.0. The SMILES string of the molecule is CCCCC1(CC)CS(=O)(=O)c2ccc(SCC(=O)NC(C(=O)NCCS(=O)(=O)O)c3ccc(O)cc3)cc2C(c2ccccc2)C1O. The molecule has 1 aliphatic heterocycles. The summed E-state index contributed by atoms with van der Waals surface area (Å²) in [5, 5.41) is 26.8. The van der Waals surface area contributed by atoms with Gasteiger partial charge in [-0.2, -0.15) is 8.42 Å². The first-order valence-corrected chi connectivity index (χ1v) is 20.0. The van der Waals surface area contributed by atoms with Gasteiger partial charge in [-0.1, -0.05) is 69.2 Å². The Hall–Kier alpha value is -3.43. The summed E-state index contributed by atoms with van der Waals surface area (Å²) in [6.45, 7) is 3.57. The smallest absolute Gasteiger partial charge is 0.266 e. The van der Waals surface area contributed by atoms with Gasteiger partial charge in [0.05, 0.1) is 28.3 Å². The second-order valence-corrected chi connectivity index (χ2v) is 16.6. The lowest BCUT2D eigenvalue weighted by molar-refractivity contribution is -0.128. The van der Waals surface area contributed by atoms with Crippen LogP contribution in [0.15, 0.2) is 82.6 Å². The Bertz CT molecular complexity index is 1800. The average Bonchev–Trinajstić information content (AvgIpc) is 3.11. The van der Waals surface area contributed by atoms with Crippen LogP contribution in [-0.2, 0) is 29.5 Å². The monoisotopic (exact) mass is 718 g/mol. The fourth-order valence-corrected chi connectivity index (χ4v) is 9.56. The van der Waals surface area contributed by atoms with Crippen molar-refractivity contribution in [3.8, 4) is 5.75 Å². The van der Waals surface area contributed by atoms with Crippen LogP contribution < -0.4 is 10.6 Å². The van der Waals surface area contributed by atoms with Crippen molar-refractivity contribution in [2.75, 3.05) is 23.8 Å². The molecule has 0 saturated heterocycles. The third kappa shape index (κ3) is 9.17. The van der Waals surface area contributed by atoms with Crippen LogP contribution in [0.1, 0.15) is 68.2 Å². The zero-order chi connectivity index (χ0) is 35.1. The van der Waals surface area contributed by atoms with Crippen LogP contribution in [0.2, 0.25) is 0 Å². The van der Waals surface area contributed by atoms with E-state index >= 15 is 0 Å². The number of phenolic OH excluding ortho intramolecular Hbond substituents is 1. The maximum absolute atomic E-state index is 13.9. The van der Waals surface area contributed by atoms with Crippen LogP contribution in [0.25, 0.3) is 0 Å². The predicted octanol–water partition coefficient (Wildman–Crippen LogP) is 4.21. The van der Waals surface area contributed by atoms with Gasteiger partial charge < -0.3 is 20.8 Å². The molecule has 4 rings (SSSR count). The predicted molar refractivity (Wildman–Crippen MR) is 184 cm³/mol. The molecule has 0 spiro atoms. The number of fused-ring (bicyclic) bond motifs is 1. The highest BCUT2D eigenvalue weighted by atomic mass is 32.2. The number of aliphatic hydroxyl groups is 1. The first-order valence-electron chi connectivity index (χ1n) is 15.7. The first kappa shape index (κ1) is 37.4. The Morgan fingerprint density at radius 1 is 1.04 bits per heavy atom. The molecular weight excluding hydrogens is 677 g/mol. The van der Waals surface area contributed by atoms with Crippen molar-refractivity contribution in [2.24, 2.45) is 5.41 Å². The first-order chi connectivity index (χ1) is 22.7. The molecule has 4 unspecified atom stereocenters. The number of sulfone groups is 1. The highest BCUT2D eigenvalue weighted by molar-refractivity contribution is 8.00. The van der Waals surface area contributed by atoms with Gasteiger partial charge in [0.15, 0.2) is 9.84 Å². The van der Waals surface area contributed by atoms with Crippen LogP contribution in [0.5, 0.6) is 5.75 Å². The maximum atomic E-state index is 13.9. The zero-order valence-electron chi connectivity index (χ0n) is 26.8. The molecule has 0 aromatic heterocycles. The van der Waals surface area contributed by atoms with Gasteiger partial charge in [0.1, 0.15) is 11.8 Å². The van der Waals surface area contributed by atoms with Gasteiger partial charge in [0.25, 0.3) is 10.1 Å². The lowest BCUT2D eigenvalue weighted by atomic mass is 9.69. The number of amides is 2. The Morgan fingerprint density at radius 3 is 2.35 bits per heavy atom. The number of aliphatic hydroxyl groups excluding tert-OH is 1. The van der Waals surface area contributed by atoms with E-state index in [0.29, 0.717) is 28.9 Å². The van der Waals surface area contributed by atoms with Crippen LogP contribution in [0, 0.1) is 5.41 Å². The molecule has 4 atom stereocenters. The molecule has 5 N–H and O–H groups in total. The number of unbranched alkanes of at least 4 members (excludes halogenated alkanes) is 1. The van der Waals surface area contributed by atoms with Gasteiger partial charge in [0.2, 0.25) is 11.8 Å². The van der Waals surface area contributed by atoms with Crippen molar-refractivity contribution < 1.29 is 41.2 Å². The van der Waals surface area contributed by atoms with Crippen molar-refractivity contribution in [1.29, 1.82) is 0 Å². The summed E-state index contributed by atoms with van der Waals surface area (Å²) in [5.41, 5.74) is 0.723. The molecule has 2 amide bonds. The molecule has 3 aromatic rings. The molecule has 48 heavy (non-hydrogen) atoms. The van der Waals surface area contributed by atoms with E-state index in [-0.39, 0.29) is 28.7 Å². The van der Waals surface area contributed by atoms with Crippen LogP contribution in [-0.4, -0.2) is 73.3 Å². The number of carbonyl (C=O) groups excluding carboxylic acids is 2. The average molecular weight is 719 g/mol. The molecular formula is C34H42N2O9S3. The number of rotatable bonds is 14. The number of nitrogens with one attached hydrogen (secondary N) is 2. The van der Waals surface area contributed by atoms with Crippen LogP contribution in [0.3, 0.4) is 0 Å². The van der Waals surface area contributed by atoms with Crippen molar-refractivity contribution in [3.63, 3.8) is 0 Å². The van der Waals surface area contributed by atoms with E-state index in [9.17, 15) is 36.6 Å². The van der Waals surface area contributed by atoms with E-state index in [1.165, 1.54) is 24.3 Å². The van der Waals surface area contributed by atoms with Gasteiger partial charge in [0, 0.05) is 22.8 Å². The molecule has 0 radical (unpaired) electrons. The second-order valence-electron chi connectivity index (χ2n) is 12.1. The van der Waals surface area contributed by atoms with E-state index < -0.39 is 61.0 Å². The molecule has 14 heteroatoms. The summed E-state index contributed by atoms with van der Waals surface area (Å²) in [4.78, 5) is 26.9. The lowest BCUT2D eigenvalue weighted by Gasteiger charge is -2.39. The standard InChI is InChI=1S/C34H42N2O9S3/c1-3-5-17-34(4-2)22-47(41,42)28-16-15-26(20-27(28)30(32(34)39)23-9-7-6-8-10-23)46-21-29(38)36-31(24-11-13-25(37)14-12-24)33(40)35-18-19-48(43,44)45/h6-16,20,30-32,37,39H,3-5,17-19,21-22H2,1-2H3,(H,35,40)(H,36,38)(H,43,44,45). The summed E-state index contributed by atoms with van der Waals surface area (Å²) >= 11 is 1.13. The topological polar surface area (TPSA) is 187 Å². The van der Waals surface area contributed by atoms with Crippen molar-refractivity contribution in [3.05, 3.63) is 89.5 Å². The fourth-order valence-electron chi connectivity index (χ4n) is 6.19. The van der Waals surface area contributed by atoms with E-state index in [1.807, 2.05) is 44.2 Å². The van der Waals surface area contributed by atoms with Crippen LogP contribution >= 0.6 is 11.8 Å². The molecule has 260 valence electrons. The summed E-state index contributed by atoms with van der Waals surface area (Å²) in [7, 11) is -8.11. The van der Waals surface area contributed by atoms with E-state index in [2.05, 4.69) is 10.6 Å². The zero-order valence-corrected chi connectivity index (χ0v) is 29.3. The Kier molecular flexibility index (Phi) is 12.3. The number of hydrogen-bond donors (Lipinski definition) is 5. The van der Waals surface area contributed by atoms with Crippen molar-refractivity contribution >= 4 is 43.5 Å². The number of hydrogen-bond acceptors (Lipinski definition) is 9. The number of benzene rings is 3. The number of carbonyl (C=O) groups is 2. The highest BCUT2D eigenvalue weighted by Crippen LogP contribution is 2.49. The third-order valence-electron chi connectivity index (χ3n) is 8.79. The van der Waals surface area contributed by atoms with Gasteiger partial charge in [-0.05, 0) is 59.9 Å². The number of aromatic hydroxyl groups is 1. The lowest BCUT2D eigenvalue weighted by Crippen LogP contribution is -2.42. The molecule has 1 heterocycles. The second kappa shape index (κ2) is 15.9. The largest absolute Gasteiger partial charge is 0.508 e. The highest BCUT2D eigenvalue weighted by Gasteiger charge is 2.49. The normalized spacial score (nSPS) is 21.0. The van der Waals surface area contributed by atoms with Crippen molar-refractivity contribution in [1.82, 2.24) is 10.6 Å². The van der Waals surface area contributed by atoms with Crippen LogP contribution in [0.4, 0.5) is 0 Å². The van der Waals surface area contributed by atoms with E-state index in [1.54, 1.807) is 18.2 Å². The third-order valence-corrected chi connectivity index (χ3v) is 12.5. The summed E-state index contributed by atoms with van der Waals surface area (Å²) in [6, 6.07) is 18.5. The van der Waals surface area contributed by atoms with Crippen molar-refractivity contribution in [2.45, 2.75) is 67.4 Å². The molecule has 3 aromatic carbocycles. The molecule has 0 bridgehead atoms. The summed E-state index contributed by atoms with van der Waals surface area (Å²) in [6.07, 6.45) is 1.70. The fraction of sp³-hybridized carbons (Fsp3) is 0.412. The molecule has 0 saturated carbocycles. The van der Waals surface area contributed by atoms with Gasteiger partial charge in [-0.3, -0.25) is 14.1 Å². The van der Waals surface area contributed by atoms with E-state index in [0.717, 1.165) is 30.2 Å². The van der Waals surface area contributed by atoms with E-state index in [4.69, 9.17) is 4.55 Å².